The summed E-state index contributed by atoms with van der Waals surface area (Å²) in [7, 11) is 0. The maximum Gasteiger partial charge on any atom is 0.0875 e. The van der Waals surface area contributed by atoms with Crippen LogP contribution in [-0.4, -0.2) is 29.5 Å². The van der Waals surface area contributed by atoms with Crippen molar-refractivity contribution in [2.24, 2.45) is 5.73 Å². The third-order valence-corrected chi connectivity index (χ3v) is 3.57. The van der Waals surface area contributed by atoms with Crippen LogP contribution in [0.2, 0.25) is 0 Å². The van der Waals surface area contributed by atoms with Crippen LogP contribution in [0.5, 0.6) is 0 Å². The largest absolute Gasteiger partial charge is 0.388 e. The van der Waals surface area contributed by atoms with E-state index in [2.05, 4.69) is 0 Å². The van der Waals surface area contributed by atoms with Crippen molar-refractivity contribution in [3.8, 4) is 0 Å². The van der Waals surface area contributed by atoms with Crippen molar-refractivity contribution >= 4 is 0 Å². The molecule has 0 aromatic rings. The number of hydrogen-bond donors (Lipinski definition) is 2. The molecule has 0 radical (unpaired) electrons. The quantitative estimate of drug-likeness (QED) is 0.735. The Balaban J connectivity index is 2.29. The smallest absolute Gasteiger partial charge is 0.0875 e. The molecule has 1 fully saturated rings. The van der Waals surface area contributed by atoms with Gasteiger partial charge in [0.25, 0.3) is 0 Å². The monoisotopic (exact) mass is 215 g/mol. The maximum absolute atomic E-state index is 10.1. The third-order valence-electron chi connectivity index (χ3n) is 3.57. The zero-order valence-electron chi connectivity index (χ0n) is 10.0. The van der Waals surface area contributed by atoms with Crippen molar-refractivity contribution in [2.45, 2.75) is 70.1 Å². The van der Waals surface area contributed by atoms with Crippen molar-refractivity contribution in [3.63, 3.8) is 0 Å². The average Bonchev–Trinajstić information content (AvgIpc) is 2.26. The van der Waals surface area contributed by atoms with Crippen LogP contribution >= 0.6 is 0 Å². The molecule has 0 saturated heterocycles. The van der Waals surface area contributed by atoms with Gasteiger partial charge in [0.2, 0.25) is 0 Å². The van der Waals surface area contributed by atoms with E-state index in [1.165, 1.54) is 0 Å². The van der Waals surface area contributed by atoms with Crippen LogP contribution in [0, 0.1) is 0 Å². The lowest BCUT2D eigenvalue weighted by Gasteiger charge is -2.31. The van der Waals surface area contributed by atoms with E-state index in [1.54, 1.807) is 0 Å². The van der Waals surface area contributed by atoms with Gasteiger partial charge in [0.1, 0.15) is 0 Å². The molecule has 0 aromatic carbocycles. The van der Waals surface area contributed by atoms with E-state index in [-0.39, 0.29) is 6.10 Å². The van der Waals surface area contributed by atoms with Crippen LogP contribution in [0.15, 0.2) is 0 Å². The normalized spacial score (nSPS) is 28.0. The lowest BCUT2D eigenvalue weighted by Crippen LogP contribution is -2.38. The van der Waals surface area contributed by atoms with Gasteiger partial charge in [-0.3, -0.25) is 0 Å². The summed E-state index contributed by atoms with van der Waals surface area (Å²) in [5.74, 6) is 0. The molecular weight excluding hydrogens is 190 g/mol. The Morgan fingerprint density at radius 1 is 1.33 bits per heavy atom. The molecule has 0 spiro atoms. The summed E-state index contributed by atoms with van der Waals surface area (Å²) >= 11 is 0. The third kappa shape index (κ3) is 4.09. The van der Waals surface area contributed by atoms with Gasteiger partial charge < -0.3 is 15.6 Å². The van der Waals surface area contributed by atoms with E-state index in [1.807, 2.05) is 13.8 Å². The van der Waals surface area contributed by atoms with Gasteiger partial charge in [-0.05, 0) is 38.5 Å². The van der Waals surface area contributed by atoms with Gasteiger partial charge in [0.15, 0.2) is 0 Å². The van der Waals surface area contributed by atoms with Crippen LogP contribution < -0.4 is 5.73 Å². The van der Waals surface area contributed by atoms with Crippen LogP contribution in [0.1, 0.15) is 52.4 Å². The van der Waals surface area contributed by atoms with Crippen molar-refractivity contribution in [3.05, 3.63) is 0 Å². The zero-order chi connectivity index (χ0) is 11.3. The van der Waals surface area contributed by atoms with Gasteiger partial charge in [-0.15, -0.1) is 0 Å². The van der Waals surface area contributed by atoms with Gasteiger partial charge in [-0.1, -0.05) is 13.8 Å². The van der Waals surface area contributed by atoms with E-state index in [0.29, 0.717) is 12.6 Å². The van der Waals surface area contributed by atoms with Gasteiger partial charge in [-0.25, -0.2) is 0 Å². The summed E-state index contributed by atoms with van der Waals surface area (Å²) in [6, 6.07) is 0.292. The number of rotatable bonds is 5. The Kier molecular flexibility index (Phi) is 5.03. The van der Waals surface area contributed by atoms with Crippen LogP contribution in [0.25, 0.3) is 0 Å². The fourth-order valence-corrected chi connectivity index (χ4v) is 2.06. The fraction of sp³-hybridized carbons (Fsp3) is 1.00. The highest BCUT2D eigenvalue weighted by atomic mass is 16.5. The second kappa shape index (κ2) is 5.83. The molecule has 1 aliphatic rings. The summed E-state index contributed by atoms with van der Waals surface area (Å²) in [4.78, 5) is 0. The summed E-state index contributed by atoms with van der Waals surface area (Å²) in [5.41, 5.74) is 5.25. The second-order valence-electron chi connectivity index (χ2n) is 4.79. The number of nitrogens with two attached hydrogens (primary N) is 1. The van der Waals surface area contributed by atoms with Gasteiger partial charge in [0.05, 0.1) is 18.3 Å². The minimum atomic E-state index is -0.637. The van der Waals surface area contributed by atoms with E-state index in [0.717, 1.165) is 38.5 Å². The summed E-state index contributed by atoms with van der Waals surface area (Å²) in [6.07, 6.45) is 6.08. The lowest BCUT2D eigenvalue weighted by atomic mass is 9.93. The molecule has 0 heterocycles. The van der Waals surface area contributed by atoms with E-state index >= 15 is 0 Å². The molecule has 3 heteroatoms. The standard InChI is InChI=1S/C12H25NO2/c1-3-12(14,4-2)9-15-11-7-5-6-10(13)8-11/h10-11,14H,3-9,13H2,1-2H3. The zero-order valence-corrected chi connectivity index (χ0v) is 10.0. The van der Waals surface area contributed by atoms with E-state index < -0.39 is 5.60 Å². The Hall–Kier alpha value is -0.120. The summed E-state index contributed by atoms with van der Waals surface area (Å²) < 4.78 is 5.77. The minimum absolute atomic E-state index is 0.262. The average molecular weight is 215 g/mol. The molecule has 0 aromatic heterocycles. The SMILES string of the molecule is CCC(O)(CC)COC1CCCC(N)C1. The number of ether oxygens (including phenoxy) is 1. The predicted octanol–water partition coefficient (Wildman–Crippen LogP) is 1.82. The molecule has 2 unspecified atom stereocenters. The van der Waals surface area contributed by atoms with Gasteiger partial charge in [0, 0.05) is 6.04 Å². The summed E-state index contributed by atoms with van der Waals surface area (Å²) in [5, 5.41) is 10.1. The van der Waals surface area contributed by atoms with Crippen molar-refractivity contribution < 1.29 is 9.84 Å². The Labute approximate surface area is 93.0 Å². The molecule has 1 aliphatic carbocycles. The minimum Gasteiger partial charge on any atom is -0.388 e. The molecule has 1 saturated carbocycles. The van der Waals surface area contributed by atoms with Gasteiger partial charge >= 0.3 is 0 Å². The Bertz CT molecular complexity index is 180. The van der Waals surface area contributed by atoms with Crippen molar-refractivity contribution in [1.29, 1.82) is 0 Å². The highest BCUT2D eigenvalue weighted by Crippen LogP contribution is 2.22. The molecular formula is C12H25NO2. The number of aliphatic hydroxyl groups is 1. The van der Waals surface area contributed by atoms with Crippen molar-refractivity contribution in [1.82, 2.24) is 0 Å². The molecule has 90 valence electrons. The van der Waals surface area contributed by atoms with Gasteiger partial charge in [-0.2, -0.15) is 0 Å². The molecule has 15 heavy (non-hydrogen) atoms. The number of hydrogen-bond acceptors (Lipinski definition) is 3. The van der Waals surface area contributed by atoms with Crippen LogP contribution in [0.3, 0.4) is 0 Å². The van der Waals surface area contributed by atoms with Crippen LogP contribution in [0.4, 0.5) is 0 Å². The lowest BCUT2D eigenvalue weighted by molar-refractivity contribution is -0.0856. The topological polar surface area (TPSA) is 55.5 Å². The van der Waals surface area contributed by atoms with E-state index in [9.17, 15) is 5.11 Å². The highest BCUT2D eigenvalue weighted by Gasteiger charge is 2.26. The molecule has 2 atom stereocenters. The molecule has 0 aliphatic heterocycles. The highest BCUT2D eigenvalue weighted by molar-refractivity contribution is 4.79. The maximum atomic E-state index is 10.1. The fourth-order valence-electron chi connectivity index (χ4n) is 2.06. The predicted molar refractivity (Wildman–Crippen MR) is 61.7 cm³/mol. The molecule has 3 nitrogen and oxygen atoms in total. The Morgan fingerprint density at radius 3 is 2.53 bits per heavy atom. The first-order valence-corrected chi connectivity index (χ1v) is 6.19. The van der Waals surface area contributed by atoms with Crippen molar-refractivity contribution in [2.75, 3.05) is 6.61 Å². The summed E-state index contributed by atoms with van der Waals surface area (Å²) in [6.45, 7) is 4.45. The second-order valence-corrected chi connectivity index (χ2v) is 4.79. The van der Waals surface area contributed by atoms with Crippen LogP contribution in [-0.2, 0) is 4.74 Å². The molecule has 0 amide bonds. The first-order valence-electron chi connectivity index (χ1n) is 6.19. The van der Waals surface area contributed by atoms with E-state index in [4.69, 9.17) is 10.5 Å². The first kappa shape index (κ1) is 12.9. The molecule has 3 N–H and O–H groups in total. The Morgan fingerprint density at radius 2 is 2.00 bits per heavy atom. The molecule has 1 rings (SSSR count). The molecule has 0 bridgehead atoms. The first-order chi connectivity index (χ1) is 7.09.